The smallest absolute Gasteiger partial charge is 0.279 e. The predicted molar refractivity (Wildman–Crippen MR) is 103 cm³/mol. The zero-order chi connectivity index (χ0) is 21.0. The van der Waals surface area contributed by atoms with Crippen molar-refractivity contribution >= 4 is 16.6 Å². The molecule has 0 aliphatic carbocycles. The maximum atomic E-state index is 14.3. The summed E-state index contributed by atoms with van der Waals surface area (Å²) in [4.78, 5) is 22.2. The fourth-order valence-electron chi connectivity index (χ4n) is 3.94. The zero-order valence-electron chi connectivity index (χ0n) is 16.3. The monoisotopic (exact) mass is 408 g/mol. The third-order valence-electron chi connectivity index (χ3n) is 5.29. The molecule has 9 nitrogen and oxygen atoms in total. The molecular formula is C20H17FN6O3. The molecule has 0 amide bonds. The molecule has 1 aliphatic heterocycles. The van der Waals surface area contributed by atoms with E-state index in [0.717, 1.165) is 12.8 Å². The van der Waals surface area contributed by atoms with Gasteiger partial charge >= 0.3 is 0 Å². The maximum absolute atomic E-state index is 14.3. The van der Waals surface area contributed by atoms with Gasteiger partial charge in [-0.25, -0.2) is 9.37 Å². The van der Waals surface area contributed by atoms with Crippen molar-refractivity contribution in [3.05, 3.63) is 46.0 Å². The number of imidazole rings is 1. The van der Waals surface area contributed by atoms with Crippen LogP contribution in [0.15, 0.2) is 27.8 Å². The van der Waals surface area contributed by atoms with Gasteiger partial charge in [-0.15, -0.1) is 0 Å². The van der Waals surface area contributed by atoms with Crippen molar-refractivity contribution in [3.8, 4) is 17.7 Å². The van der Waals surface area contributed by atoms with E-state index in [2.05, 4.69) is 15.1 Å². The summed E-state index contributed by atoms with van der Waals surface area (Å²) < 4.78 is 28.2. The fourth-order valence-corrected chi connectivity index (χ4v) is 3.94. The Morgan fingerprint density at radius 2 is 2.17 bits per heavy atom. The molecule has 1 atom stereocenters. The number of benzene rings is 1. The number of nitrogens with zero attached hydrogens (tertiary/aromatic N) is 6. The van der Waals surface area contributed by atoms with Gasteiger partial charge in [-0.05, 0) is 38.8 Å². The van der Waals surface area contributed by atoms with Crippen molar-refractivity contribution in [1.82, 2.24) is 24.1 Å². The molecule has 3 aromatic heterocycles. The van der Waals surface area contributed by atoms with Crippen LogP contribution in [0.5, 0.6) is 0 Å². The summed E-state index contributed by atoms with van der Waals surface area (Å²) in [5, 5.41) is 13.5. The molecule has 0 spiro atoms. The quantitative estimate of drug-likeness (QED) is 0.512. The summed E-state index contributed by atoms with van der Waals surface area (Å²) in [6.07, 6.45) is 2.93. The van der Waals surface area contributed by atoms with E-state index in [1.165, 1.54) is 27.4 Å². The Morgan fingerprint density at radius 3 is 2.87 bits per heavy atom. The van der Waals surface area contributed by atoms with Gasteiger partial charge in [0.25, 0.3) is 11.4 Å². The Balaban J connectivity index is 1.82. The van der Waals surface area contributed by atoms with E-state index in [4.69, 9.17) is 9.26 Å². The van der Waals surface area contributed by atoms with Crippen LogP contribution in [0.4, 0.5) is 4.39 Å². The molecule has 4 heterocycles. The first-order valence-corrected chi connectivity index (χ1v) is 9.60. The molecule has 0 saturated carbocycles. The van der Waals surface area contributed by atoms with Crippen LogP contribution in [0.1, 0.15) is 50.2 Å². The van der Waals surface area contributed by atoms with Gasteiger partial charge in [-0.2, -0.15) is 10.2 Å². The van der Waals surface area contributed by atoms with E-state index in [0.29, 0.717) is 17.9 Å². The summed E-state index contributed by atoms with van der Waals surface area (Å²) >= 11 is 0. The second-order valence-corrected chi connectivity index (χ2v) is 7.44. The van der Waals surface area contributed by atoms with Crippen molar-refractivity contribution in [1.29, 1.82) is 5.26 Å². The molecule has 5 rings (SSSR count). The van der Waals surface area contributed by atoms with Crippen molar-refractivity contribution in [3.63, 3.8) is 0 Å². The number of hydrogen-bond acceptors (Lipinski definition) is 7. The van der Waals surface area contributed by atoms with Gasteiger partial charge in [0, 0.05) is 12.6 Å². The van der Waals surface area contributed by atoms with Gasteiger partial charge in [0.2, 0.25) is 5.82 Å². The van der Waals surface area contributed by atoms with Gasteiger partial charge in [-0.3, -0.25) is 9.20 Å². The zero-order valence-corrected chi connectivity index (χ0v) is 16.3. The highest BCUT2D eigenvalue weighted by Gasteiger charge is 2.27. The van der Waals surface area contributed by atoms with E-state index < -0.39 is 11.4 Å². The van der Waals surface area contributed by atoms with Gasteiger partial charge in [0.1, 0.15) is 35.4 Å². The van der Waals surface area contributed by atoms with Crippen LogP contribution in [0.25, 0.3) is 28.1 Å². The number of hydrogen-bond donors (Lipinski definition) is 0. The summed E-state index contributed by atoms with van der Waals surface area (Å²) in [5.74, 6) is -0.156. The fraction of sp³-hybridized carbons (Fsp3) is 0.350. The van der Waals surface area contributed by atoms with Gasteiger partial charge in [-0.1, -0.05) is 5.16 Å². The second-order valence-electron chi connectivity index (χ2n) is 7.44. The molecule has 1 aromatic carbocycles. The highest BCUT2D eigenvalue weighted by molar-refractivity contribution is 5.87. The predicted octanol–water partition coefficient (Wildman–Crippen LogP) is 3.14. The standard InChI is InChI=1S/C20H17FN6O3/c1-10(2)27-16-11(8-22)12(21)5-6-13(16)26-9-23-15(17(26)20(27)28)19-24-18(25-30-19)14-4-3-7-29-14/h5-6,9-10,14H,3-4,7H2,1-2H3. The molecule has 0 N–H and O–H groups in total. The SMILES string of the molecule is CC(C)n1c(=O)c2c(-c3nc(C4CCCO4)no3)ncn2c2ccc(F)c(C#N)c21. The van der Waals surface area contributed by atoms with Crippen LogP contribution in [0.2, 0.25) is 0 Å². The van der Waals surface area contributed by atoms with Crippen molar-refractivity contribution in [2.24, 2.45) is 0 Å². The average molecular weight is 408 g/mol. The van der Waals surface area contributed by atoms with Crippen LogP contribution in [-0.2, 0) is 4.74 Å². The normalized spacial score (nSPS) is 16.7. The van der Waals surface area contributed by atoms with Gasteiger partial charge in [0.15, 0.2) is 5.69 Å². The molecule has 1 saturated heterocycles. The molecule has 152 valence electrons. The van der Waals surface area contributed by atoms with Gasteiger partial charge in [0.05, 0.1) is 11.0 Å². The van der Waals surface area contributed by atoms with Crippen molar-refractivity contribution < 1.29 is 13.7 Å². The molecule has 30 heavy (non-hydrogen) atoms. The summed E-state index contributed by atoms with van der Waals surface area (Å²) in [6.45, 7) is 4.23. The van der Waals surface area contributed by atoms with Crippen LogP contribution < -0.4 is 5.56 Å². The number of rotatable bonds is 3. The van der Waals surface area contributed by atoms with Crippen molar-refractivity contribution in [2.45, 2.75) is 38.8 Å². The van der Waals surface area contributed by atoms with Gasteiger partial charge < -0.3 is 13.8 Å². The Kier molecular flexibility index (Phi) is 4.15. The lowest BCUT2D eigenvalue weighted by Gasteiger charge is -2.16. The number of ether oxygens (including phenoxy) is 1. The van der Waals surface area contributed by atoms with Crippen molar-refractivity contribution in [2.75, 3.05) is 6.61 Å². The molecular weight excluding hydrogens is 391 g/mol. The Morgan fingerprint density at radius 1 is 1.33 bits per heavy atom. The largest absolute Gasteiger partial charge is 0.370 e. The van der Waals surface area contributed by atoms with E-state index in [1.54, 1.807) is 13.8 Å². The first-order valence-electron chi connectivity index (χ1n) is 9.60. The highest BCUT2D eigenvalue weighted by Crippen LogP contribution is 2.30. The second kappa shape index (κ2) is 6.74. The number of fused-ring (bicyclic) bond motifs is 3. The van der Waals surface area contributed by atoms with Crippen LogP contribution in [-0.4, -0.2) is 30.7 Å². The number of aromatic nitrogens is 5. The summed E-state index contributed by atoms with van der Waals surface area (Å²) in [5.41, 5.74) is 0.538. The van der Waals surface area contributed by atoms with E-state index in [-0.39, 0.29) is 40.3 Å². The van der Waals surface area contributed by atoms with Crippen LogP contribution in [0.3, 0.4) is 0 Å². The van der Waals surface area contributed by atoms with E-state index in [9.17, 15) is 14.4 Å². The lowest BCUT2D eigenvalue weighted by Crippen LogP contribution is -2.25. The highest BCUT2D eigenvalue weighted by atomic mass is 19.1. The van der Waals surface area contributed by atoms with E-state index >= 15 is 0 Å². The molecule has 1 fully saturated rings. The molecule has 1 unspecified atom stereocenters. The number of halogens is 1. The van der Waals surface area contributed by atoms with Crippen LogP contribution >= 0.6 is 0 Å². The summed E-state index contributed by atoms with van der Waals surface area (Å²) in [6, 6.07) is 4.28. The lowest BCUT2D eigenvalue weighted by molar-refractivity contribution is 0.103. The van der Waals surface area contributed by atoms with E-state index in [1.807, 2.05) is 6.07 Å². The topological polar surface area (TPSA) is 111 Å². The lowest BCUT2D eigenvalue weighted by atomic mass is 10.1. The van der Waals surface area contributed by atoms with Crippen LogP contribution in [0, 0.1) is 17.1 Å². The first-order chi connectivity index (χ1) is 14.5. The Bertz CT molecular complexity index is 1390. The Labute approximate surface area is 169 Å². The molecule has 1 aliphatic rings. The molecule has 4 aromatic rings. The maximum Gasteiger partial charge on any atom is 0.279 e. The third kappa shape index (κ3) is 2.55. The summed E-state index contributed by atoms with van der Waals surface area (Å²) in [7, 11) is 0. The number of nitriles is 1. The minimum Gasteiger partial charge on any atom is -0.370 e. The first kappa shape index (κ1) is 18.4. The molecule has 0 radical (unpaired) electrons. The molecule has 0 bridgehead atoms. The minimum atomic E-state index is -0.684. The third-order valence-corrected chi connectivity index (χ3v) is 5.29. The average Bonchev–Trinajstić information content (AvgIpc) is 3.46. The minimum absolute atomic E-state index is 0.109. The Hall–Kier alpha value is -3.58. The molecule has 10 heteroatoms.